The molecule has 0 spiro atoms. The number of ether oxygens (including phenoxy) is 1. The number of fused-ring (bicyclic) bond motifs is 1. The van der Waals surface area contributed by atoms with E-state index in [1.54, 1.807) is 6.92 Å². The average molecular weight is 420 g/mol. The molecule has 0 aromatic carbocycles. The van der Waals surface area contributed by atoms with Crippen LogP contribution in [0.2, 0.25) is 0 Å². The van der Waals surface area contributed by atoms with Crippen LogP contribution in [-0.4, -0.2) is 42.2 Å². The van der Waals surface area contributed by atoms with E-state index < -0.39 is 18.5 Å². The first kappa shape index (κ1) is 31.0. The molecule has 1 aliphatic heterocycles. The van der Waals surface area contributed by atoms with Crippen LogP contribution in [0.4, 0.5) is 14.6 Å². The number of carbonyl (C=O) groups is 1. The molecule has 0 aliphatic carbocycles. The van der Waals surface area contributed by atoms with E-state index in [-0.39, 0.29) is 24.8 Å². The summed E-state index contributed by atoms with van der Waals surface area (Å²) in [5.74, 6) is -2.86. The molecule has 2 rings (SSSR count). The molecule has 0 saturated carbocycles. The quantitative estimate of drug-likeness (QED) is 0.383. The summed E-state index contributed by atoms with van der Waals surface area (Å²) in [5.41, 5.74) is 2.60. The third kappa shape index (κ3) is 15.6. The van der Waals surface area contributed by atoms with Crippen LogP contribution < -0.4 is 24.2 Å². The Balaban J connectivity index is 0. The second-order valence-corrected chi connectivity index (χ2v) is 6.97. The molecular formula is C22H35F2LiN2O3-2. The molecule has 8 heteroatoms. The zero-order valence-electron chi connectivity index (χ0n) is 18.7. The Kier molecular flexibility index (Phi) is 18.1. The number of anilines is 1. The third-order valence-corrected chi connectivity index (χ3v) is 4.09. The number of pyridine rings is 1. The van der Waals surface area contributed by atoms with Gasteiger partial charge in [-0.15, -0.1) is 0 Å². The maximum atomic E-state index is 11.5. The summed E-state index contributed by atoms with van der Waals surface area (Å²) in [4.78, 5) is 14.5. The van der Waals surface area contributed by atoms with Gasteiger partial charge < -0.3 is 29.0 Å². The minimum atomic E-state index is -2.92. The van der Waals surface area contributed by atoms with Gasteiger partial charge in [0.25, 0.3) is 0 Å². The van der Waals surface area contributed by atoms with E-state index in [4.69, 9.17) is 5.11 Å². The van der Waals surface area contributed by atoms with Gasteiger partial charge in [0.15, 0.2) is 5.92 Å². The predicted octanol–water partition coefficient (Wildman–Crippen LogP) is 2.02. The molecule has 0 unspecified atom stereocenters. The van der Waals surface area contributed by atoms with Crippen LogP contribution in [-0.2, 0) is 22.4 Å². The fraction of sp³-hybridized carbons (Fsp3) is 0.591. The molecule has 0 fully saturated rings. The van der Waals surface area contributed by atoms with Crippen LogP contribution in [0.1, 0.15) is 50.3 Å². The van der Waals surface area contributed by atoms with Crippen LogP contribution in [0.15, 0.2) is 12.1 Å². The van der Waals surface area contributed by atoms with E-state index in [1.807, 2.05) is 0 Å². The van der Waals surface area contributed by atoms with Gasteiger partial charge in [-0.1, -0.05) is 25.8 Å². The standard InChI is InChI=1S/C13H19N2.C5H9O2.C4H7F2O.Li/c1-2-3-4-7-12-9-8-11-6-5-10-14-13(11)15-12;1-3-4(2)5(6)7;1-4(5,6)3-7-2;/h8-9H,1-7,10H2,(H,14,15);4H,1,3H2,2H3,(H,6,7);1,3H2,2H3;/q3*-1;+1/t;4-;;/m.0../s1. The maximum Gasteiger partial charge on any atom is 1.00 e. The van der Waals surface area contributed by atoms with E-state index >= 15 is 0 Å². The predicted molar refractivity (Wildman–Crippen MR) is 113 cm³/mol. The van der Waals surface area contributed by atoms with Crippen molar-refractivity contribution in [3.05, 3.63) is 44.2 Å². The van der Waals surface area contributed by atoms with Gasteiger partial charge in [-0.2, -0.15) is 12.8 Å². The summed E-state index contributed by atoms with van der Waals surface area (Å²) in [6.45, 7) is 11.9. The number of carboxylic acids is 1. The molecule has 0 radical (unpaired) electrons. The van der Waals surface area contributed by atoms with Gasteiger partial charge in [-0.3, -0.25) is 11.7 Å². The molecule has 168 valence electrons. The first-order valence-electron chi connectivity index (χ1n) is 9.90. The molecule has 1 aromatic rings. The summed E-state index contributed by atoms with van der Waals surface area (Å²) < 4.78 is 27.1. The Morgan fingerprint density at radius 1 is 1.37 bits per heavy atom. The van der Waals surface area contributed by atoms with Crippen molar-refractivity contribution in [3.8, 4) is 0 Å². The molecule has 1 aliphatic rings. The second kappa shape index (κ2) is 17.5. The molecule has 0 saturated heterocycles. The van der Waals surface area contributed by atoms with E-state index in [0.29, 0.717) is 6.42 Å². The summed E-state index contributed by atoms with van der Waals surface area (Å²) in [7, 11) is 1.21. The van der Waals surface area contributed by atoms with E-state index in [9.17, 15) is 13.6 Å². The van der Waals surface area contributed by atoms with Crippen LogP contribution in [0.3, 0.4) is 0 Å². The van der Waals surface area contributed by atoms with Gasteiger partial charge in [0.05, 0.1) is 6.61 Å². The maximum absolute atomic E-state index is 11.5. The fourth-order valence-electron chi connectivity index (χ4n) is 2.33. The van der Waals surface area contributed by atoms with Crippen LogP contribution in [0, 0.1) is 26.7 Å². The molecule has 0 bridgehead atoms. The molecule has 0 amide bonds. The normalized spacial score (nSPS) is 13.2. The number of aryl methyl sites for hydroxylation is 2. The monoisotopic (exact) mass is 420 g/mol. The Bertz CT molecular complexity index is 584. The van der Waals surface area contributed by atoms with Gasteiger partial charge in [0, 0.05) is 25.3 Å². The van der Waals surface area contributed by atoms with Crippen molar-refractivity contribution >= 4 is 11.8 Å². The Hall–Kier alpha value is -1.16. The van der Waals surface area contributed by atoms with Crippen molar-refractivity contribution in [1.82, 2.24) is 4.98 Å². The van der Waals surface area contributed by atoms with Crippen molar-refractivity contribution in [2.45, 2.75) is 57.8 Å². The van der Waals surface area contributed by atoms with Gasteiger partial charge in [-0.05, 0) is 30.9 Å². The molecule has 5 nitrogen and oxygen atoms in total. The van der Waals surface area contributed by atoms with Crippen molar-refractivity contribution < 1.29 is 42.3 Å². The number of unbranched alkanes of at least 4 members (excludes halogenated alkanes) is 2. The summed E-state index contributed by atoms with van der Waals surface area (Å²) in [5, 5.41) is 11.5. The summed E-state index contributed by atoms with van der Waals surface area (Å²) in [6, 6.07) is 4.41. The number of halogens is 2. The number of nitrogens with one attached hydrogen (secondary N) is 1. The van der Waals surface area contributed by atoms with E-state index in [2.05, 4.69) is 47.9 Å². The minimum absolute atomic E-state index is 0. The van der Waals surface area contributed by atoms with Crippen molar-refractivity contribution in [2.75, 3.05) is 25.6 Å². The summed E-state index contributed by atoms with van der Waals surface area (Å²) >= 11 is 0. The SMILES string of the molecule is [CH2-]C(F)(F)COC.[CH2-]CCCCc1ccc2c(n1)NCCC2.[CH2-]C[C@H](C)C(=O)O.[Li+]. The topological polar surface area (TPSA) is 71.5 Å². The van der Waals surface area contributed by atoms with E-state index in [0.717, 1.165) is 25.2 Å². The molecule has 2 N–H and O–H groups in total. The number of hydrogen-bond donors (Lipinski definition) is 2. The number of aromatic nitrogens is 1. The van der Waals surface area contributed by atoms with Crippen molar-refractivity contribution in [2.24, 2.45) is 5.92 Å². The Morgan fingerprint density at radius 3 is 2.47 bits per heavy atom. The average Bonchev–Trinajstić information content (AvgIpc) is 2.67. The first-order valence-corrected chi connectivity index (χ1v) is 9.90. The Morgan fingerprint density at radius 2 is 2.03 bits per heavy atom. The van der Waals surface area contributed by atoms with Crippen LogP contribution in [0.5, 0.6) is 0 Å². The van der Waals surface area contributed by atoms with Crippen LogP contribution in [0.25, 0.3) is 0 Å². The molecule has 30 heavy (non-hydrogen) atoms. The van der Waals surface area contributed by atoms with Crippen molar-refractivity contribution in [3.63, 3.8) is 0 Å². The molecular weight excluding hydrogens is 385 g/mol. The van der Waals surface area contributed by atoms with Crippen molar-refractivity contribution in [1.29, 1.82) is 0 Å². The summed E-state index contributed by atoms with van der Waals surface area (Å²) in [6.07, 6.45) is 7.40. The number of alkyl halides is 2. The number of nitrogens with zero attached hydrogens (tertiary/aromatic N) is 1. The number of aliphatic carboxylic acids is 1. The largest absolute Gasteiger partial charge is 1.00 e. The van der Waals surface area contributed by atoms with E-state index in [1.165, 1.54) is 44.1 Å². The third-order valence-electron chi connectivity index (χ3n) is 4.09. The molecule has 2 heterocycles. The zero-order valence-corrected chi connectivity index (χ0v) is 18.7. The number of hydrogen-bond acceptors (Lipinski definition) is 4. The Labute approximate surface area is 192 Å². The molecule has 1 atom stereocenters. The van der Waals surface area contributed by atoms with Gasteiger partial charge in [-0.25, -0.2) is 13.8 Å². The van der Waals surface area contributed by atoms with Gasteiger partial charge in [0.1, 0.15) is 5.82 Å². The fourth-order valence-corrected chi connectivity index (χ4v) is 2.33. The zero-order chi connectivity index (χ0) is 22.3. The smallest absolute Gasteiger partial charge is 0.481 e. The van der Waals surface area contributed by atoms with Crippen LogP contribution >= 0.6 is 0 Å². The molecule has 1 aromatic heterocycles. The van der Waals surface area contributed by atoms with Gasteiger partial charge >= 0.3 is 24.8 Å². The number of methoxy groups -OCH3 is 1. The van der Waals surface area contributed by atoms with Gasteiger partial charge in [0.2, 0.25) is 0 Å². The minimum Gasteiger partial charge on any atom is -0.481 e. The second-order valence-electron chi connectivity index (χ2n) is 6.97. The number of rotatable bonds is 8. The number of carboxylic acid groups (broad SMARTS) is 1. The first-order chi connectivity index (χ1) is 13.6.